The van der Waals surface area contributed by atoms with Crippen LogP contribution in [-0.4, -0.2) is 16.5 Å². The van der Waals surface area contributed by atoms with Crippen LogP contribution in [0, 0.1) is 6.92 Å². The van der Waals surface area contributed by atoms with Crippen molar-refractivity contribution in [2.75, 3.05) is 10.2 Å². The van der Waals surface area contributed by atoms with E-state index in [2.05, 4.69) is 48.3 Å². The predicted molar refractivity (Wildman–Crippen MR) is 124 cm³/mol. The molecule has 0 aromatic heterocycles. The Morgan fingerprint density at radius 3 is 2.61 bits per heavy atom. The number of amidine groups is 1. The van der Waals surface area contributed by atoms with Crippen molar-refractivity contribution in [3.8, 4) is 0 Å². The molecule has 5 heteroatoms. The summed E-state index contributed by atoms with van der Waals surface area (Å²) < 4.78 is 0. The van der Waals surface area contributed by atoms with Crippen molar-refractivity contribution in [2.24, 2.45) is 4.99 Å². The van der Waals surface area contributed by atoms with Gasteiger partial charge in [0.1, 0.15) is 11.4 Å². The van der Waals surface area contributed by atoms with E-state index in [0.29, 0.717) is 5.11 Å². The molecule has 4 rings (SSSR count). The fourth-order valence-electron chi connectivity index (χ4n) is 4.57. The number of para-hydroxylation sites is 1. The molecule has 1 saturated carbocycles. The van der Waals surface area contributed by atoms with Crippen molar-refractivity contribution in [1.29, 1.82) is 0 Å². The van der Waals surface area contributed by atoms with Gasteiger partial charge in [0.05, 0.1) is 0 Å². The molecular formula is C23H26ClN3S. The van der Waals surface area contributed by atoms with Crippen LogP contribution >= 0.6 is 23.8 Å². The van der Waals surface area contributed by atoms with Gasteiger partial charge in [-0.15, -0.1) is 0 Å². The molecule has 1 N–H and O–H groups in total. The normalized spacial score (nSPS) is 18.5. The standard InChI is InChI=1S/C23H26ClN3S/c1-3-17-10-7-9-16(2)20(17)25-21-23(13-5-4-6-14-23)27(22(28)26-21)19-12-8-11-18(24)15-19/h7-12,15H,3-6,13-14H2,1-2H3,(H,25,26,28). The lowest BCUT2D eigenvalue weighted by atomic mass is 9.79. The van der Waals surface area contributed by atoms with Gasteiger partial charge in [0.15, 0.2) is 0 Å². The van der Waals surface area contributed by atoms with Crippen molar-refractivity contribution in [3.63, 3.8) is 0 Å². The largest absolute Gasteiger partial charge is 0.341 e. The van der Waals surface area contributed by atoms with Gasteiger partial charge in [-0.05, 0) is 67.7 Å². The number of aliphatic imine (C=N–C) groups is 1. The van der Waals surface area contributed by atoms with Crippen LogP contribution in [0.2, 0.25) is 5.02 Å². The average molecular weight is 412 g/mol. The summed E-state index contributed by atoms with van der Waals surface area (Å²) in [5.74, 6) is 0.987. The number of thiocarbonyl (C=S) groups is 1. The van der Waals surface area contributed by atoms with E-state index in [0.717, 1.165) is 35.8 Å². The predicted octanol–water partition coefficient (Wildman–Crippen LogP) is 6.53. The molecule has 0 saturated heterocycles. The monoisotopic (exact) mass is 411 g/mol. The third-order valence-corrected chi connectivity index (χ3v) is 6.51. The van der Waals surface area contributed by atoms with Crippen LogP contribution in [0.3, 0.4) is 0 Å². The fraction of sp³-hybridized carbons (Fsp3) is 0.391. The van der Waals surface area contributed by atoms with E-state index in [4.69, 9.17) is 28.8 Å². The fourth-order valence-corrected chi connectivity index (χ4v) is 5.13. The lowest BCUT2D eigenvalue weighted by Crippen LogP contribution is -2.55. The number of anilines is 2. The van der Waals surface area contributed by atoms with Gasteiger partial charge in [0, 0.05) is 16.4 Å². The first kappa shape index (κ1) is 19.4. The molecule has 2 aromatic carbocycles. The van der Waals surface area contributed by atoms with Crippen molar-refractivity contribution in [3.05, 3.63) is 58.6 Å². The molecule has 2 aromatic rings. The maximum absolute atomic E-state index is 6.30. The molecule has 0 amide bonds. The lowest BCUT2D eigenvalue weighted by Gasteiger charge is -2.43. The minimum atomic E-state index is -0.215. The molecule has 3 nitrogen and oxygen atoms in total. The highest BCUT2D eigenvalue weighted by molar-refractivity contribution is 7.80. The Morgan fingerprint density at radius 1 is 1.14 bits per heavy atom. The zero-order chi connectivity index (χ0) is 19.7. The maximum atomic E-state index is 6.30. The number of hydrogen-bond donors (Lipinski definition) is 1. The smallest absolute Gasteiger partial charge is 0.202 e. The molecule has 0 unspecified atom stereocenters. The van der Waals surface area contributed by atoms with Gasteiger partial charge in [0.25, 0.3) is 0 Å². The molecule has 1 aliphatic heterocycles. The third kappa shape index (κ3) is 3.33. The quantitative estimate of drug-likeness (QED) is 0.582. The van der Waals surface area contributed by atoms with Crippen molar-refractivity contribution in [1.82, 2.24) is 0 Å². The first-order valence-electron chi connectivity index (χ1n) is 10.1. The van der Waals surface area contributed by atoms with Crippen LogP contribution in [0.5, 0.6) is 0 Å². The van der Waals surface area contributed by atoms with Gasteiger partial charge in [-0.3, -0.25) is 0 Å². The second-order valence-electron chi connectivity index (χ2n) is 7.74. The van der Waals surface area contributed by atoms with E-state index >= 15 is 0 Å². The molecule has 2 aliphatic rings. The van der Waals surface area contributed by atoms with E-state index in [1.807, 2.05) is 18.2 Å². The number of rotatable bonds is 3. The minimum absolute atomic E-state index is 0.215. The molecule has 1 aliphatic carbocycles. The summed E-state index contributed by atoms with van der Waals surface area (Å²) in [4.78, 5) is 7.12. The Labute approximate surface area is 177 Å². The summed E-state index contributed by atoms with van der Waals surface area (Å²) in [5, 5.41) is 5.07. The molecule has 0 bridgehead atoms. The Hall–Kier alpha value is -1.91. The number of nitrogens with zero attached hydrogens (tertiary/aromatic N) is 2. The van der Waals surface area contributed by atoms with E-state index < -0.39 is 0 Å². The summed E-state index contributed by atoms with van der Waals surface area (Å²) in [6.45, 7) is 4.34. The van der Waals surface area contributed by atoms with Crippen LogP contribution in [0.15, 0.2) is 47.5 Å². The third-order valence-electron chi connectivity index (χ3n) is 6.00. The number of hydrogen-bond acceptors (Lipinski definition) is 2. The van der Waals surface area contributed by atoms with Gasteiger partial charge in [-0.1, -0.05) is 62.1 Å². The van der Waals surface area contributed by atoms with Crippen molar-refractivity contribution in [2.45, 2.75) is 57.9 Å². The Kier molecular flexibility index (Phi) is 5.44. The summed E-state index contributed by atoms with van der Waals surface area (Å²) in [5.41, 5.74) is 4.53. The van der Waals surface area contributed by atoms with Gasteiger partial charge in [0.2, 0.25) is 5.11 Å². The highest BCUT2D eigenvalue weighted by Gasteiger charge is 2.49. The van der Waals surface area contributed by atoms with Gasteiger partial charge >= 0.3 is 0 Å². The second kappa shape index (κ2) is 7.84. The van der Waals surface area contributed by atoms with Gasteiger partial charge < -0.3 is 10.2 Å². The van der Waals surface area contributed by atoms with E-state index in [1.165, 1.54) is 36.1 Å². The van der Waals surface area contributed by atoms with Crippen LogP contribution in [-0.2, 0) is 6.42 Å². The summed E-state index contributed by atoms with van der Waals surface area (Å²) in [7, 11) is 0. The number of aryl methyl sites for hydroxylation is 2. The Morgan fingerprint density at radius 2 is 1.89 bits per heavy atom. The molecular weight excluding hydrogens is 386 g/mol. The van der Waals surface area contributed by atoms with Crippen molar-refractivity contribution < 1.29 is 0 Å². The Bertz CT molecular complexity index is 931. The Balaban J connectivity index is 1.77. The molecule has 146 valence electrons. The summed E-state index contributed by atoms with van der Waals surface area (Å²) in [6, 6.07) is 14.4. The molecule has 1 heterocycles. The summed E-state index contributed by atoms with van der Waals surface area (Å²) in [6.07, 6.45) is 6.67. The van der Waals surface area contributed by atoms with E-state index in [9.17, 15) is 0 Å². The number of benzene rings is 2. The lowest BCUT2D eigenvalue weighted by molar-refractivity contribution is 0.386. The van der Waals surface area contributed by atoms with E-state index in [-0.39, 0.29) is 5.54 Å². The van der Waals surface area contributed by atoms with Crippen LogP contribution in [0.4, 0.5) is 11.4 Å². The van der Waals surface area contributed by atoms with Crippen molar-refractivity contribution >= 4 is 46.1 Å². The molecule has 1 fully saturated rings. The average Bonchev–Trinajstić information content (AvgIpc) is 2.94. The van der Waals surface area contributed by atoms with E-state index in [1.54, 1.807) is 0 Å². The first-order valence-corrected chi connectivity index (χ1v) is 10.9. The van der Waals surface area contributed by atoms with Crippen LogP contribution < -0.4 is 10.2 Å². The molecule has 28 heavy (non-hydrogen) atoms. The summed E-state index contributed by atoms with van der Waals surface area (Å²) >= 11 is 12.1. The molecule has 0 atom stereocenters. The second-order valence-corrected chi connectivity index (χ2v) is 8.54. The molecule has 1 spiro atoms. The van der Waals surface area contributed by atoms with Gasteiger partial charge in [-0.2, -0.15) is 0 Å². The first-order chi connectivity index (χ1) is 13.5. The van der Waals surface area contributed by atoms with Crippen LogP contribution in [0.25, 0.3) is 0 Å². The number of halogens is 1. The number of nitrogens with one attached hydrogen (secondary N) is 1. The maximum Gasteiger partial charge on any atom is 0.202 e. The minimum Gasteiger partial charge on any atom is -0.341 e. The van der Waals surface area contributed by atoms with Crippen LogP contribution in [0.1, 0.15) is 50.2 Å². The zero-order valence-corrected chi connectivity index (χ0v) is 18.0. The molecule has 0 radical (unpaired) electrons. The highest BCUT2D eigenvalue weighted by Crippen LogP contribution is 2.43. The topological polar surface area (TPSA) is 27.6 Å². The SMILES string of the molecule is CCc1cccc(C)c1NC1=NC(=S)N(c2cccc(Cl)c2)C12CCCCC2. The highest BCUT2D eigenvalue weighted by atomic mass is 35.5. The zero-order valence-electron chi connectivity index (χ0n) is 16.5. The van der Waals surface area contributed by atoms with Gasteiger partial charge in [-0.25, -0.2) is 4.99 Å².